The number of nitrogens with zero attached hydrogens (tertiary/aromatic N) is 4. The maximum absolute atomic E-state index is 13.4. The second-order valence-electron chi connectivity index (χ2n) is 5.86. The first kappa shape index (κ1) is 16.3. The van der Waals surface area contributed by atoms with Gasteiger partial charge >= 0.3 is 6.18 Å². The van der Waals surface area contributed by atoms with Crippen LogP contribution in [0.15, 0.2) is 61.2 Å². The molecule has 0 bridgehead atoms. The van der Waals surface area contributed by atoms with Crippen molar-refractivity contribution in [3.8, 4) is 16.8 Å². The molecule has 26 heavy (non-hydrogen) atoms. The SMILES string of the molecule is Cc1ccncc1-c1ccnc2c1cnn2-c1ccccc1C(F)(F)F. The van der Waals surface area contributed by atoms with Gasteiger partial charge in [-0.3, -0.25) is 4.98 Å². The summed E-state index contributed by atoms with van der Waals surface area (Å²) in [5.41, 5.74) is 2.29. The number of pyridine rings is 2. The van der Waals surface area contributed by atoms with Crippen LogP contribution in [-0.2, 0) is 6.18 Å². The Morgan fingerprint density at radius 1 is 0.923 bits per heavy atom. The number of rotatable bonds is 2. The maximum Gasteiger partial charge on any atom is 0.418 e. The van der Waals surface area contributed by atoms with Crippen LogP contribution in [0, 0.1) is 6.92 Å². The predicted molar refractivity (Wildman–Crippen MR) is 91.8 cm³/mol. The first-order chi connectivity index (χ1) is 12.5. The van der Waals surface area contributed by atoms with E-state index in [1.54, 1.807) is 24.7 Å². The molecule has 0 aliphatic rings. The molecule has 0 saturated heterocycles. The Labute approximate surface area is 147 Å². The van der Waals surface area contributed by atoms with E-state index < -0.39 is 11.7 Å². The van der Waals surface area contributed by atoms with Crippen LogP contribution in [0.4, 0.5) is 13.2 Å². The highest BCUT2D eigenvalue weighted by Crippen LogP contribution is 2.35. The number of alkyl halides is 3. The zero-order valence-electron chi connectivity index (χ0n) is 13.7. The minimum atomic E-state index is -4.48. The van der Waals surface area contributed by atoms with Crippen molar-refractivity contribution in [1.29, 1.82) is 0 Å². The summed E-state index contributed by atoms with van der Waals surface area (Å²) in [4.78, 5) is 8.41. The van der Waals surface area contributed by atoms with E-state index in [-0.39, 0.29) is 5.69 Å². The van der Waals surface area contributed by atoms with Crippen molar-refractivity contribution in [2.45, 2.75) is 13.1 Å². The number of halogens is 3. The van der Waals surface area contributed by atoms with E-state index in [1.165, 1.54) is 23.0 Å². The third-order valence-electron chi connectivity index (χ3n) is 4.24. The van der Waals surface area contributed by atoms with Crippen LogP contribution in [0.25, 0.3) is 27.8 Å². The third-order valence-corrected chi connectivity index (χ3v) is 4.24. The first-order valence-electron chi connectivity index (χ1n) is 7.87. The van der Waals surface area contributed by atoms with Gasteiger partial charge in [0.2, 0.25) is 0 Å². The molecule has 4 aromatic rings. The molecule has 0 aliphatic heterocycles. The summed E-state index contributed by atoms with van der Waals surface area (Å²) in [5.74, 6) is 0. The summed E-state index contributed by atoms with van der Waals surface area (Å²) >= 11 is 0. The standard InChI is InChI=1S/C19H13F3N4/c1-12-6-8-23-10-14(12)13-7-9-24-18-15(13)11-25-26(18)17-5-3-2-4-16(17)19(20,21)22/h2-11H,1H3. The van der Waals surface area contributed by atoms with Crippen LogP contribution in [0.1, 0.15) is 11.1 Å². The van der Waals surface area contributed by atoms with Crippen molar-refractivity contribution in [1.82, 2.24) is 19.7 Å². The van der Waals surface area contributed by atoms with Crippen LogP contribution < -0.4 is 0 Å². The largest absolute Gasteiger partial charge is 0.418 e. The normalized spacial score (nSPS) is 11.8. The van der Waals surface area contributed by atoms with Gasteiger partial charge in [-0.1, -0.05) is 12.1 Å². The molecule has 4 nitrogen and oxygen atoms in total. The monoisotopic (exact) mass is 354 g/mol. The highest BCUT2D eigenvalue weighted by molar-refractivity contribution is 5.93. The summed E-state index contributed by atoms with van der Waals surface area (Å²) in [7, 11) is 0. The first-order valence-corrected chi connectivity index (χ1v) is 7.87. The van der Waals surface area contributed by atoms with E-state index in [4.69, 9.17) is 0 Å². The number of aryl methyl sites for hydroxylation is 1. The van der Waals surface area contributed by atoms with Gasteiger partial charge in [-0.15, -0.1) is 0 Å². The lowest BCUT2D eigenvalue weighted by molar-refractivity contribution is -0.137. The second kappa shape index (κ2) is 5.94. The molecule has 0 aliphatic carbocycles. The van der Waals surface area contributed by atoms with Gasteiger partial charge in [-0.05, 0) is 42.3 Å². The molecule has 0 spiro atoms. The minimum Gasteiger partial charge on any atom is -0.264 e. The molecule has 0 radical (unpaired) electrons. The summed E-state index contributed by atoms with van der Waals surface area (Å²) in [5, 5.41) is 4.86. The molecule has 1 aromatic carbocycles. The molecule has 0 N–H and O–H groups in total. The van der Waals surface area contributed by atoms with E-state index in [2.05, 4.69) is 15.1 Å². The molecular weight excluding hydrogens is 341 g/mol. The molecule has 0 saturated carbocycles. The second-order valence-corrected chi connectivity index (χ2v) is 5.86. The lowest BCUT2D eigenvalue weighted by atomic mass is 10.0. The Morgan fingerprint density at radius 3 is 2.50 bits per heavy atom. The number of aromatic nitrogens is 4. The molecule has 7 heteroatoms. The van der Waals surface area contributed by atoms with Gasteiger partial charge in [0.05, 0.1) is 17.4 Å². The van der Waals surface area contributed by atoms with Crippen LogP contribution in [0.5, 0.6) is 0 Å². The van der Waals surface area contributed by atoms with Gasteiger partial charge in [0.1, 0.15) is 0 Å². The van der Waals surface area contributed by atoms with E-state index in [0.29, 0.717) is 11.0 Å². The zero-order valence-corrected chi connectivity index (χ0v) is 13.7. The maximum atomic E-state index is 13.4. The van der Waals surface area contributed by atoms with Gasteiger partial charge in [0.15, 0.2) is 5.65 Å². The van der Waals surface area contributed by atoms with Crippen LogP contribution in [0.3, 0.4) is 0 Å². The fourth-order valence-corrected chi connectivity index (χ4v) is 2.98. The van der Waals surface area contributed by atoms with E-state index >= 15 is 0 Å². The topological polar surface area (TPSA) is 43.6 Å². The fraction of sp³-hybridized carbons (Fsp3) is 0.105. The molecule has 3 aromatic heterocycles. The zero-order chi connectivity index (χ0) is 18.3. The van der Waals surface area contributed by atoms with Crippen LogP contribution in [-0.4, -0.2) is 19.7 Å². The highest BCUT2D eigenvalue weighted by Gasteiger charge is 2.34. The van der Waals surface area contributed by atoms with Gasteiger partial charge in [0.25, 0.3) is 0 Å². The van der Waals surface area contributed by atoms with E-state index in [9.17, 15) is 13.2 Å². The molecule has 130 valence electrons. The molecule has 3 heterocycles. The highest BCUT2D eigenvalue weighted by atomic mass is 19.4. The van der Waals surface area contributed by atoms with Crippen molar-refractivity contribution in [3.05, 3.63) is 72.3 Å². The van der Waals surface area contributed by atoms with Crippen molar-refractivity contribution in [2.24, 2.45) is 0 Å². The quantitative estimate of drug-likeness (QED) is 0.519. The van der Waals surface area contributed by atoms with Crippen molar-refractivity contribution < 1.29 is 13.2 Å². The lowest BCUT2D eigenvalue weighted by Gasteiger charge is -2.13. The predicted octanol–water partition coefficient (Wildman–Crippen LogP) is 4.81. The average molecular weight is 354 g/mol. The summed E-state index contributed by atoms with van der Waals surface area (Å²) in [6.45, 7) is 1.95. The molecular formula is C19H13F3N4. The minimum absolute atomic E-state index is 0.0532. The van der Waals surface area contributed by atoms with Crippen molar-refractivity contribution in [3.63, 3.8) is 0 Å². The van der Waals surface area contributed by atoms with Crippen LogP contribution >= 0.6 is 0 Å². The molecule has 0 atom stereocenters. The fourth-order valence-electron chi connectivity index (χ4n) is 2.98. The number of hydrogen-bond donors (Lipinski definition) is 0. The summed E-state index contributed by atoms with van der Waals surface area (Å²) < 4.78 is 41.3. The molecule has 4 rings (SSSR count). The number of benzene rings is 1. The summed E-state index contributed by atoms with van der Waals surface area (Å²) in [6, 6.07) is 9.03. The van der Waals surface area contributed by atoms with Crippen LogP contribution in [0.2, 0.25) is 0 Å². The average Bonchev–Trinajstić information content (AvgIpc) is 3.05. The smallest absolute Gasteiger partial charge is 0.264 e. The van der Waals surface area contributed by atoms with E-state index in [1.807, 2.05) is 19.1 Å². The van der Waals surface area contributed by atoms with Gasteiger partial charge in [0, 0.05) is 29.5 Å². The summed E-state index contributed by atoms with van der Waals surface area (Å²) in [6.07, 6.45) is 2.05. The Kier molecular flexibility index (Phi) is 3.72. The molecule has 0 unspecified atom stereocenters. The number of para-hydroxylation sites is 1. The Bertz CT molecular complexity index is 1100. The van der Waals surface area contributed by atoms with Crippen molar-refractivity contribution in [2.75, 3.05) is 0 Å². The Morgan fingerprint density at radius 2 is 1.73 bits per heavy atom. The van der Waals surface area contributed by atoms with Gasteiger partial charge < -0.3 is 0 Å². The number of hydrogen-bond acceptors (Lipinski definition) is 3. The van der Waals surface area contributed by atoms with Gasteiger partial charge in [-0.25, -0.2) is 9.67 Å². The van der Waals surface area contributed by atoms with E-state index in [0.717, 1.165) is 22.8 Å². The Balaban J connectivity index is 1.97. The Hall–Kier alpha value is -3.22. The number of fused-ring (bicyclic) bond motifs is 1. The molecule has 0 fully saturated rings. The van der Waals surface area contributed by atoms with Gasteiger partial charge in [-0.2, -0.15) is 18.3 Å². The lowest BCUT2D eigenvalue weighted by Crippen LogP contribution is -2.11. The van der Waals surface area contributed by atoms with Crippen molar-refractivity contribution >= 4 is 11.0 Å². The molecule has 0 amide bonds. The third kappa shape index (κ3) is 2.61.